The molecule has 3 N–H and O–H groups in total. The van der Waals surface area contributed by atoms with Gasteiger partial charge in [-0.1, -0.05) is 6.92 Å². The molecule has 0 aromatic heterocycles. The Morgan fingerprint density at radius 1 is 1.27 bits per heavy atom. The van der Waals surface area contributed by atoms with Gasteiger partial charge in [-0.15, -0.1) is 0 Å². The quantitative estimate of drug-likeness (QED) is 0.507. The lowest BCUT2D eigenvalue weighted by Crippen LogP contribution is -2.39. The second kappa shape index (κ2) is 8.23. The van der Waals surface area contributed by atoms with Crippen LogP contribution < -0.4 is 16.0 Å². The minimum Gasteiger partial charge on any atom is -0.359 e. The average molecular weight is 215 g/mol. The van der Waals surface area contributed by atoms with Gasteiger partial charge in [0.05, 0.1) is 6.54 Å². The second-order valence-electron chi connectivity index (χ2n) is 3.48. The summed E-state index contributed by atoms with van der Waals surface area (Å²) in [6.45, 7) is 4.77. The van der Waals surface area contributed by atoms with Crippen molar-refractivity contribution >= 4 is 11.8 Å². The standard InChI is InChI=1S/C10H21N3O2/c1-4-8(2)13-10(15)7-12-6-5-9(14)11-3/h8,12H,4-7H2,1-3H3,(H,11,14)(H,13,15). The fourth-order valence-electron chi connectivity index (χ4n) is 0.957. The molecular weight excluding hydrogens is 194 g/mol. The molecule has 88 valence electrons. The highest BCUT2D eigenvalue weighted by Gasteiger charge is 2.04. The van der Waals surface area contributed by atoms with Crippen LogP contribution in [0.25, 0.3) is 0 Å². The number of carbonyl (C=O) groups excluding carboxylic acids is 2. The lowest BCUT2D eigenvalue weighted by molar-refractivity contribution is -0.122. The highest BCUT2D eigenvalue weighted by Crippen LogP contribution is 1.86. The van der Waals surface area contributed by atoms with E-state index in [4.69, 9.17) is 0 Å². The molecule has 0 spiro atoms. The van der Waals surface area contributed by atoms with Gasteiger partial charge in [0.15, 0.2) is 0 Å². The van der Waals surface area contributed by atoms with E-state index >= 15 is 0 Å². The molecule has 0 aliphatic carbocycles. The Labute approximate surface area is 91.0 Å². The Hall–Kier alpha value is -1.10. The third kappa shape index (κ3) is 7.93. The molecule has 0 aliphatic heterocycles. The molecule has 1 atom stereocenters. The van der Waals surface area contributed by atoms with Gasteiger partial charge in [-0.3, -0.25) is 9.59 Å². The van der Waals surface area contributed by atoms with E-state index in [9.17, 15) is 9.59 Å². The fraction of sp³-hybridized carbons (Fsp3) is 0.800. The van der Waals surface area contributed by atoms with Gasteiger partial charge in [-0.05, 0) is 13.3 Å². The topological polar surface area (TPSA) is 70.2 Å². The predicted octanol–water partition coefficient (Wildman–Crippen LogP) is -0.373. The first-order valence-corrected chi connectivity index (χ1v) is 5.30. The van der Waals surface area contributed by atoms with E-state index in [0.717, 1.165) is 6.42 Å². The summed E-state index contributed by atoms with van der Waals surface area (Å²) in [4.78, 5) is 22.1. The van der Waals surface area contributed by atoms with E-state index in [-0.39, 0.29) is 24.4 Å². The molecule has 0 heterocycles. The fourth-order valence-corrected chi connectivity index (χ4v) is 0.957. The molecule has 1 unspecified atom stereocenters. The van der Waals surface area contributed by atoms with Gasteiger partial charge >= 0.3 is 0 Å². The minimum atomic E-state index is -0.0266. The Kier molecular flexibility index (Phi) is 7.62. The molecule has 2 amide bonds. The number of hydrogen-bond acceptors (Lipinski definition) is 3. The van der Waals surface area contributed by atoms with E-state index in [1.165, 1.54) is 0 Å². The molecule has 0 aromatic carbocycles. The zero-order chi connectivity index (χ0) is 11.7. The molecule has 0 rings (SSSR count). The Bertz CT molecular complexity index is 207. The van der Waals surface area contributed by atoms with Crippen molar-refractivity contribution in [2.24, 2.45) is 0 Å². The summed E-state index contributed by atoms with van der Waals surface area (Å²) in [5.41, 5.74) is 0. The van der Waals surface area contributed by atoms with Crippen LogP contribution >= 0.6 is 0 Å². The molecule has 5 nitrogen and oxygen atoms in total. The third-order valence-electron chi connectivity index (χ3n) is 2.11. The van der Waals surface area contributed by atoms with E-state index < -0.39 is 0 Å². The summed E-state index contributed by atoms with van der Waals surface area (Å²) in [5.74, 6) is -0.0499. The molecule has 0 saturated heterocycles. The van der Waals surface area contributed by atoms with Gasteiger partial charge < -0.3 is 16.0 Å². The van der Waals surface area contributed by atoms with Crippen LogP contribution in [0.3, 0.4) is 0 Å². The van der Waals surface area contributed by atoms with Crippen molar-refractivity contribution < 1.29 is 9.59 Å². The Balaban J connectivity index is 3.43. The largest absolute Gasteiger partial charge is 0.359 e. The molecule has 0 fully saturated rings. The SMILES string of the molecule is CCC(C)NC(=O)CNCCC(=O)NC. The first kappa shape index (κ1) is 13.9. The summed E-state index contributed by atoms with van der Waals surface area (Å²) in [6.07, 6.45) is 1.32. The molecule has 0 aliphatic rings. The normalized spacial score (nSPS) is 11.9. The van der Waals surface area contributed by atoms with Crippen LogP contribution in [-0.4, -0.2) is 38.0 Å². The van der Waals surface area contributed by atoms with Crippen LogP contribution in [0.5, 0.6) is 0 Å². The van der Waals surface area contributed by atoms with Crippen LogP contribution in [0.2, 0.25) is 0 Å². The van der Waals surface area contributed by atoms with Gasteiger partial charge in [0.1, 0.15) is 0 Å². The maximum Gasteiger partial charge on any atom is 0.234 e. The molecule has 0 aromatic rings. The highest BCUT2D eigenvalue weighted by atomic mass is 16.2. The molecule has 15 heavy (non-hydrogen) atoms. The predicted molar refractivity (Wildman–Crippen MR) is 59.4 cm³/mol. The lowest BCUT2D eigenvalue weighted by atomic mass is 10.2. The van der Waals surface area contributed by atoms with Gasteiger partial charge in [-0.2, -0.15) is 0 Å². The van der Waals surface area contributed by atoms with Crippen molar-refractivity contribution in [2.45, 2.75) is 32.7 Å². The summed E-state index contributed by atoms with van der Waals surface area (Å²) in [6, 6.07) is 0.207. The number of carbonyl (C=O) groups is 2. The maximum atomic E-state index is 11.3. The van der Waals surface area contributed by atoms with Crippen LogP contribution in [-0.2, 0) is 9.59 Å². The average Bonchev–Trinajstić information content (AvgIpc) is 2.23. The third-order valence-corrected chi connectivity index (χ3v) is 2.11. The maximum absolute atomic E-state index is 11.3. The molecule has 5 heteroatoms. The summed E-state index contributed by atoms with van der Waals surface area (Å²) in [7, 11) is 1.60. The number of amides is 2. The minimum absolute atomic E-state index is 0.0233. The highest BCUT2D eigenvalue weighted by molar-refractivity contribution is 5.78. The zero-order valence-electron chi connectivity index (χ0n) is 9.72. The van der Waals surface area contributed by atoms with Crippen molar-refractivity contribution in [1.82, 2.24) is 16.0 Å². The first-order chi connectivity index (χ1) is 7.10. The van der Waals surface area contributed by atoms with E-state index in [0.29, 0.717) is 13.0 Å². The second-order valence-corrected chi connectivity index (χ2v) is 3.48. The summed E-state index contributed by atoms with van der Waals surface area (Å²) < 4.78 is 0. The van der Waals surface area contributed by atoms with Crippen molar-refractivity contribution in [1.29, 1.82) is 0 Å². The van der Waals surface area contributed by atoms with Gasteiger partial charge in [0.2, 0.25) is 11.8 Å². The molecule has 0 bridgehead atoms. The van der Waals surface area contributed by atoms with Crippen molar-refractivity contribution in [3.05, 3.63) is 0 Å². The smallest absolute Gasteiger partial charge is 0.234 e. The van der Waals surface area contributed by atoms with E-state index in [2.05, 4.69) is 16.0 Å². The monoisotopic (exact) mass is 215 g/mol. The lowest BCUT2D eigenvalue weighted by Gasteiger charge is -2.11. The molecular formula is C10H21N3O2. The van der Waals surface area contributed by atoms with E-state index in [1.807, 2.05) is 13.8 Å². The van der Waals surface area contributed by atoms with E-state index in [1.54, 1.807) is 7.05 Å². The summed E-state index contributed by atoms with van der Waals surface area (Å²) >= 11 is 0. The molecule has 0 radical (unpaired) electrons. The van der Waals surface area contributed by atoms with Crippen LogP contribution in [0, 0.1) is 0 Å². The zero-order valence-corrected chi connectivity index (χ0v) is 9.72. The van der Waals surface area contributed by atoms with Gasteiger partial charge in [0.25, 0.3) is 0 Å². The number of hydrogen-bond donors (Lipinski definition) is 3. The number of nitrogens with one attached hydrogen (secondary N) is 3. The van der Waals surface area contributed by atoms with Gasteiger partial charge in [-0.25, -0.2) is 0 Å². The van der Waals surface area contributed by atoms with Crippen LogP contribution in [0.4, 0.5) is 0 Å². The number of rotatable bonds is 7. The van der Waals surface area contributed by atoms with Crippen molar-refractivity contribution in [3.63, 3.8) is 0 Å². The van der Waals surface area contributed by atoms with Crippen molar-refractivity contribution in [3.8, 4) is 0 Å². The van der Waals surface area contributed by atoms with Gasteiger partial charge in [0, 0.05) is 26.1 Å². The Morgan fingerprint density at radius 2 is 1.93 bits per heavy atom. The Morgan fingerprint density at radius 3 is 2.47 bits per heavy atom. The summed E-state index contributed by atoms with van der Waals surface area (Å²) in [5, 5.41) is 8.25. The van der Waals surface area contributed by atoms with Crippen LogP contribution in [0.15, 0.2) is 0 Å². The molecule has 0 saturated carbocycles. The van der Waals surface area contributed by atoms with Crippen molar-refractivity contribution in [2.75, 3.05) is 20.1 Å². The first-order valence-electron chi connectivity index (χ1n) is 5.30. The van der Waals surface area contributed by atoms with Crippen LogP contribution in [0.1, 0.15) is 26.7 Å².